The van der Waals surface area contributed by atoms with Crippen LogP contribution < -0.4 is 10.5 Å². The Hall–Kier alpha value is -1.07. The summed E-state index contributed by atoms with van der Waals surface area (Å²) >= 11 is 3.42. The van der Waals surface area contributed by atoms with Gasteiger partial charge in [-0.05, 0) is 31.0 Å². The summed E-state index contributed by atoms with van der Waals surface area (Å²) in [7, 11) is 0. The van der Waals surface area contributed by atoms with Crippen molar-refractivity contribution in [2.24, 2.45) is 5.73 Å². The molecule has 0 aromatic heterocycles. The lowest BCUT2D eigenvalue weighted by Gasteiger charge is -2.27. The fourth-order valence-corrected chi connectivity index (χ4v) is 3.08. The highest BCUT2D eigenvalue weighted by molar-refractivity contribution is 9.10. The number of nitrogens with two attached hydrogens (primary N) is 1. The van der Waals surface area contributed by atoms with E-state index in [1.807, 2.05) is 24.3 Å². The molecule has 1 aliphatic carbocycles. The molecule has 1 aliphatic rings. The van der Waals surface area contributed by atoms with Gasteiger partial charge in [0.05, 0.1) is 6.54 Å². The van der Waals surface area contributed by atoms with Crippen molar-refractivity contribution in [3.63, 3.8) is 0 Å². The first kappa shape index (κ1) is 15.3. The molecule has 1 aromatic rings. The third kappa shape index (κ3) is 4.80. The van der Waals surface area contributed by atoms with E-state index in [1.54, 1.807) is 0 Å². The predicted molar refractivity (Wildman–Crippen MR) is 82.7 cm³/mol. The second kappa shape index (κ2) is 7.64. The van der Waals surface area contributed by atoms with Gasteiger partial charge in [0.15, 0.2) is 0 Å². The molecule has 0 radical (unpaired) electrons. The minimum atomic E-state index is -0.264. The molecule has 5 heteroatoms. The molecule has 0 atom stereocenters. The summed E-state index contributed by atoms with van der Waals surface area (Å²) in [5.41, 5.74) is 5.34. The highest BCUT2D eigenvalue weighted by Gasteiger charge is 2.23. The number of hydrogen-bond donors (Lipinski definition) is 1. The topological polar surface area (TPSA) is 55.6 Å². The Morgan fingerprint density at radius 2 is 2.15 bits per heavy atom. The van der Waals surface area contributed by atoms with E-state index < -0.39 is 0 Å². The van der Waals surface area contributed by atoms with Crippen LogP contribution in [0.3, 0.4) is 0 Å². The molecule has 0 aliphatic heterocycles. The van der Waals surface area contributed by atoms with E-state index in [-0.39, 0.29) is 5.91 Å². The van der Waals surface area contributed by atoms with Crippen LogP contribution in [0, 0.1) is 0 Å². The predicted octanol–water partition coefficient (Wildman–Crippen LogP) is 2.56. The number of primary amides is 1. The van der Waals surface area contributed by atoms with Crippen LogP contribution in [-0.2, 0) is 4.79 Å². The third-order valence-electron chi connectivity index (χ3n) is 3.64. The molecule has 0 spiro atoms. The third-order valence-corrected chi connectivity index (χ3v) is 4.14. The van der Waals surface area contributed by atoms with Crippen molar-refractivity contribution in [1.29, 1.82) is 0 Å². The van der Waals surface area contributed by atoms with Gasteiger partial charge in [-0.25, -0.2) is 0 Å². The number of hydrogen-bond acceptors (Lipinski definition) is 3. The normalized spacial score (nSPS) is 15.7. The zero-order chi connectivity index (χ0) is 14.4. The maximum Gasteiger partial charge on any atom is 0.231 e. The number of nitrogens with zero attached hydrogens (tertiary/aromatic N) is 1. The van der Waals surface area contributed by atoms with Crippen LogP contribution in [0.25, 0.3) is 0 Å². The zero-order valence-electron chi connectivity index (χ0n) is 11.6. The van der Waals surface area contributed by atoms with Crippen LogP contribution in [0.5, 0.6) is 5.75 Å². The lowest BCUT2D eigenvalue weighted by atomic mass is 10.2. The van der Waals surface area contributed by atoms with Gasteiger partial charge in [0.1, 0.15) is 12.4 Å². The van der Waals surface area contributed by atoms with Crippen LogP contribution in [0.15, 0.2) is 28.7 Å². The number of carbonyl (C=O) groups excluding carboxylic acids is 1. The highest BCUT2D eigenvalue weighted by Crippen LogP contribution is 2.23. The monoisotopic (exact) mass is 340 g/mol. The maximum absolute atomic E-state index is 11.2. The van der Waals surface area contributed by atoms with Crippen molar-refractivity contribution in [2.45, 2.75) is 31.7 Å². The lowest BCUT2D eigenvalue weighted by molar-refractivity contribution is -0.119. The second-order valence-corrected chi connectivity index (χ2v) is 6.10. The van der Waals surface area contributed by atoms with Crippen molar-refractivity contribution < 1.29 is 9.53 Å². The van der Waals surface area contributed by atoms with Crippen LogP contribution in [0.2, 0.25) is 0 Å². The largest absolute Gasteiger partial charge is 0.492 e. The Labute approximate surface area is 128 Å². The van der Waals surface area contributed by atoms with E-state index >= 15 is 0 Å². The Morgan fingerprint density at radius 3 is 2.80 bits per heavy atom. The molecule has 0 heterocycles. The van der Waals surface area contributed by atoms with Gasteiger partial charge < -0.3 is 10.5 Å². The first-order chi connectivity index (χ1) is 9.65. The highest BCUT2D eigenvalue weighted by atomic mass is 79.9. The summed E-state index contributed by atoms with van der Waals surface area (Å²) in [6.45, 7) is 1.63. The van der Waals surface area contributed by atoms with E-state index in [1.165, 1.54) is 12.8 Å². The molecule has 110 valence electrons. The van der Waals surface area contributed by atoms with Crippen LogP contribution >= 0.6 is 15.9 Å². The maximum atomic E-state index is 11.2. The molecule has 0 saturated heterocycles. The quantitative estimate of drug-likeness (QED) is 0.829. The van der Waals surface area contributed by atoms with Gasteiger partial charge in [-0.15, -0.1) is 0 Å². The van der Waals surface area contributed by atoms with Crippen molar-refractivity contribution in [2.75, 3.05) is 19.7 Å². The Balaban J connectivity index is 1.83. The molecule has 1 amide bonds. The Morgan fingerprint density at radius 1 is 1.40 bits per heavy atom. The number of benzene rings is 1. The van der Waals surface area contributed by atoms with Crippen LogP contribution in [0.1, 0.15) is 25.7 Å². The molecule has 1 fully saturated rings. The fourth-order valence-electron chi connectivity index (χ4n) is 2.70. The summed E-state index contributed by atoms with van der Waals surface area (Å²) in [6, 6.07) is 8.25. The van der Waals surface area contributed by atoms with Gasteiger partial charge in [-0.2, -0.15) is 0 Å². The molecule has 1 saturated carbocycles. The van der Waals surface area contributed by atoms with Gasteiger partial charge in [0, 0.05) is 17.1 Å². The standard InChI is InChI=1S/C15H21BrN2O2/c16-12-4-3-7-14(10-12)20-9-8-18(11-15(17)19)13-5-1-2-6-13/h3-4,7,10,13H,1-2,5-6,8-9,11H2,(H2,17,19). The number of ether oxygens (including phenoxy) is 1. The van der Waals surface area contributed by atoms with E-state index in [4.69, 9.17) is 10.5 Å². The summed E-state index contributed by atoms with van der Waals surface area (Å²) in [4.78, 5) is 13.3. The van der Waals surface area contributed by atoms with Gasteiger partial charge >= 0.3 is 0 Å². The minimum Gasteiger partial charge on any atom is -0.492 e. The lowest BCUT2D eigenvalue weighted by Crippen LogP contribution is -2.42. The summed E-state index contributed by atoms with van der Waals surface area (Å²) in [5, 5.41) is 0. The Kier molecular flexibility index (Phi) is 5.86. The fraction of sp³-hybridized carbons (Fsp3) is 0.533. The molecular weight excluding hydrogens is 320 g/mol. The van der Waals surface area contributed by atoms with Gasteiger partial charge in [0.2, 0.25) is 5.91 Å². The summed E-state index contributed by atoms with van der Waals surface area (Å²) < 4.78 is 6.73. The smallest absolute Gasteiger partial charge is 0.231 e. The first-order valence-corrected chi connectivity index (χ1v) is 7.85. The van der Waals surface area contributed by atoms with Crippen LogP contribution in [0.4, 0.5) is 0 Å². The number of amides is 1. The van der Waals surface area contributed by atoms with Gasteiger partial charge in [-0.1, -0.05) is 34.8 Å². The minimum absolute atomic E-state index is 0.264. The van der Waals surface area contributed by atoms with E-state index in [2.05, 4.69) is 20.8 Å². The number of halogens is 1. The second-order valence-electron chi connectivity index (χ2n) is 5.18. The van der Waals surface area contributed by atoms with Crippen molar-refractivity contribution >= 4 is 21.8 Å². The molecule has 0 bridgehead atoms. The molecule has 2 N–H and O–H groups in total. The molecule has 2 rings (SSSR count). The molecule has 20 heavy (non-hydrogen) atoms. The van der Waals surface area contributed by atoms with Crippen LogP contribution in [-0.4, -0.2) is 36.5 Å². The average molecular weight is 341 g/mol. The van der Waals surface area contributed by atoms with Crippen molar-refractivity contribution in [3.05, 3.63) is 28.7 Å². The van der Waals surface area contributed by atoms with E-state index in [0.29, 0.717) is 19.2 Å². The molecule has 1 aromatic carbocycles. The molecule has 0 unspecified atom stereocenters. The van der Waals surface area contributed by atoms with Crippen molar-refractivity contribution in [3.8, 4) is 5.75 Å². The van der Waals surface area contributed by atoms with E-state index in [9.17, 15) is 4.79 Å². The number of rotatable bonds is 7. The van der Waals surface area contributed by atoms with Gasteiger partial charge in [0.25, 0.3) is 0 Å². The SMILES string of the molecule is NC(=O)CN(CCOc1cccc(Br)c1)C1CCCC1. The van der Waals surface area contributed by atoms with Crippen molar-refractivity contribution in [1.82, 2.24) is 4.90 Å². The molecular formula is C15H21BrN2O2. The summed E-state index contributed by atoms with van der Waals surface area (Å²) in [5.74, 6) is 0.573. The Bertz CT molecular complexity index is 447. The zero-order valence-corrected chi connectivity index (χ0v) is 13.1. The first-order valence-electron chi connectivity index (χ1n) is 7.06. The average Bonchev–Trinajstić information content (AvgIpc) is 2.91. The van der Waals surface area contributed by atoms with Gasteiger partial charge in [-0.3, -0.25) is 9.69 Å². The van der Waals surface area contributed by atoms with E-state index in [0.717, 1.165) is 29.6 Å². The summed E-state index contributed by atoms with van der Waals surface area (Å²) in [6.07, 6.45) is 4.80. The molecule has 4 nitrogen and oxygen atoms in total. The number of carbonyl (C=O) groups is 1.